The fraction of sp³-hybridized carbons (Fsp3) is 0.917. The Balaban J connectivity index is 4.53. The van der Waals surface area contributed by atoms with Gasteiger partial charge in [0.2, 0.25) is 0 Å². The monoisotopic (exact) mass is 200 g/mol. The molecule has 0 saturated carbocycles. The highest BCUT2D eigenvalue weighted by molar-refractivity contribution is 5.70. The molecule has 0 spiro atoms. The molecular formula is C12H24O2. The van der Waals surface area contributed by atoms with E-state index in [1.807, 2.05) is 13.8 Å². The number of hydrogen-bond donors (Lipinski definition) is 1. The molecule has 0 bridgehead atoms. The van der Waals surface area contributed by atoms with Gasteiger partial charge in [0.25, 0.3) is 0 Å². The first-order valence-corrected chi connectivity index (χ1v) is 5.57. The van der Waals surface area contributed by atoms with E-state index in [2.05, 4.69) is 20.8 Å². The fourth-order valence-corrected chi connectivity index (χ4v) is 1.57. The first-order chi connectivity index (χ1) is 6.35. The minimum Gasteiger partial charge on any atom is -0.481 e. The van der Waals surface area contributed by atoms with Crippen molar-refractivity contribution in [2.24, 2.45) is 17.3 Å². The second-order valence-corrected chi connectivity index (χ2v) is 4.98. The van der Waals surface area contributed by atoms with Crippen molar-refractivity contribution in [3.05, 3.63) is 0 Å². The average Bonchev–Trinajstić information content (AvgIpc) is 2.12. The largest absolute Gasteiger partial charge is 0.481 e. The van der Waals surface area contributed by atoms with Crippen LogP contribution in [0.3, 0.4) is 0 Å². The molecule has 0 amide bonds. The van der Waals surface area contributed by atoms with Crippen molar-refractivity contribution >= 4 is 5.97 Å². The Hall–Kier alpha value is -0.530. The Morgan fingerprint density at radius 1 is 1.36 bits per heavy atom. The van der Waals surface area contributed by atoms with Crippen LogP contribution in [0.15, 0.2) is 0 Å². The van der Waals surface area contributed by atoms with Crippen molar-refractivity contribution in [2.75, 3.05) is 0 Å². The molecule has 0 rings (SSSR count). The Morgan fingerprint density at radius 3 is 2.14 bits per heavy atom. The van der Waals surface area contributed by atoms with E-state index in [1.54, 1.807) is 0 Å². The summed E-state index contributed by atoms with van der Waals surface area (Å²) in [7, 11) is 0. The molecule has 0 heterocycles. The third kappa shape index (κ3) is 3.69. The molecule has 2 atom stereocenters. The van der Waals surface area contributed by atoms with Crippen molar-refractivity contribution < 1.29 is 9.90 Å². The van der Waals surface area contributed by atoms with Gasteiger partial charge in [-0.2, -0.15) is 0 Å². The Morgan fingerprint density at radius 2 is 1.86 bits per heavy atom. The summed E-state index contributed by atoms with van der Waals surface area (Å²) >= 11 is 0. The Bertz CT molecular complexity index is 185. The topological polar surface area (TPSA) is 37.3 Å². The van der Waals surface area contributed by atoms with Crippen LogP contribution in [0.25, 0.3) is 0 Å². The van der Waals surface area contributed by atoms with E-state index in [9.17, 15) is 9.90 Å². The summed E-state index contributed by atoms with van der Waals surface area (Å²) in [6.07, 6.45) is 2.77. The number of carboxylic acid groups (broad SMARTS) is 1. The zero-order valence-electron chi connectivity index (χ0n) is 10.1. The first-order valence-electron chi connectivity index (χ1n) is 5.57. The third-order valence-electron chi connectivity index (χ3n) is 3.49. The van der Waals surface area contributed by atoms with Crippen LogP contribution in [0.1, 0.15) is 53.9 Å². The van der Waals surface area contributed by atoms with Crippen LogP contribution >= 0.6 is 0 Å². The van der Waals surface area contributed by atoms with Crippen molar-refractivity contribution in [2.45, 2.75) is 53.9 Å². The third-order valence-corrected chi connectivity index (χ3v) is 3.49. The van der Waals surface area contributed by atoms with Gasteiger partial charge in [-0.25, -0.2) is 0 Å². The van der Waals surface area contributed by atoms with Crippen molar-refractivity contribution in [1.29, 1.82) is 0 Å². The van der Waals surface area contributed by atoms with E-state index in [1.165, 1.54) is 0 Å². The molecule has 0 aliphatic carbocycles. The van der Waals surface area contributed by atoms with E-state index in [-0.39, 0.29) is 11.3 Å². The van der Waals surface area contributed by atoms with Gasteiger partial charge in [0.15, 0.2) is 0 Å². The summed E-state index contributed by atoms with van der Waals surface area (Å²) in [4.78, 5) is 11.2. The Kier molecular flexibility index (Phi) is 5.17. The van der Waals surface area contributed by atoms with Gasteiger partial charge in [0.1, 0.15) is 0 Å². The predicted molar refractivity (Wildman–Crippen MR) is 59.3 cm³/mol. The van der Waals surface area contributed by atoms with Crippen LogP contribution in [0.4, 0.5) is 0 Å². The number of carboxylic acids is 1. The normalized spacial score (nSPS) is 16.4. The lowest BCUT2D eigenvalue weighted by molar-refractivity contribution is -0.146. The summed E-state index contributed by atoms with van der Waals surface area (Å²) in [6, 6.07) is 0. The second kappa shape index (κ2) is 5.38. The van der Waals surface area contributed by atoms with Crippen LogP contribution in [0, 0.1) is 17.3 Å². The standard InChI is InChI=1S/C12H24O2/c1-6-9(3)8-10(11(13)14)12(4,5)7-2/h9-10H,6-8H2,1-5H3,(H,13,14). The van der Waals surface area contributed by atoms with Crippen molar-refractivity contribution in [3.63, 3.8) is 0 Å². The minimum absolute atomic E-state index is 0.0880. The van der Waals surface area contributed by atoms with Crippen LogP contribution in [0.2, 0.25) is 0 Å². The van der Waals surface area contributed by atoms with E-state index in [4.69, 9.17) is 0 Å². The molecular weight excluding hydrogens is 176 g/mol. The molecule has 0 aromatic rings. The Labute approximate surface area is 87.7 Å². The second-order valence-electron chi connectivity index (χ2n) is 4.98. The predicted octanol–water partition coefficient (Wildman–Crippen LogP) is 3.56. The molecule has 0 aromatic carbocycles. The van der Waals surface area contributed by atoms with Crippen molar-refractivity contribution in [1.82, 2.24) is 0 Å². The molecule has 84 valence electrons. The van der Waals surface area contributed by atoms with Gasteiger partial charge in [-0.1, -0.05) is 47.5 Å². The summed E-state index contributed by atoms with van der Waals surface area (Å²) in [6.45, 7) is 10.4. The summed E-state index contributed by atoms with van der Waals surface area (Å²) in [5.74, 6) is -0.346. The first kappa shape index (κ1) is 13.5. The maximum Gasteiger partial charge on any atom is 0.307 e. The highest BCUT2D eigenvalue weighted by Crippen LogP contribution is 2.35. The molecule has 14 heavy (non-hydrogen) atoms. The number of aliphatic carboxylic acids is 1. The highest BCUT2D eigenvalue weighted by atomic mass is 16.4. The van der Waals surface area contributed by atoms with E-state index in [0.29, 0.717) is 5.92 Å². The van der Waals surface area contributed by atoms with Gasteiger partial charge in [-0.3, -0.25) is 4.79 Å². The molecule has 2 unspecified atom stereocenters. The maximum atomic E-state index is 11.2. The highest BCUT2D eigenvalue weighted by Gasteiger charge is 2.34. The maximum absolute atomic E-state index is 11.2. The summed E-state index contributed by atoms with van der Waals surface area (Å²) < 4.78 is 0. The summed E-state index contributed by atoms with van der Waals surface area (Å²) in [5, 5.41) is 9.18. The number of rotatable bonds is 6. The van der Waals surface area contributed by atoms with Gasteiger partial charge in [-0.05, 0) is 17.8 Å². The van der Waals surface area contributed by atoms with Gasteiger partial charge in [-0.15, -0.1) is 0 Å². The number of hydrogen-bond acceptors (Lipinski definition) is 1. The molecule has 1 N–H and O–H groups in total. The van der Waals surface area contributed by atoms with Gasteiger partial charge in [0, 0.05) is 0 Å². The van der Waals surface area contributed by atoms with Crippen LogP contribution in [-0.2, 0) is 4.79 Å². The molecule has 0 aliphatic heterocycles. The molecule has 0 fully saturated rings. The zero-order chi connectivity index (χ0) is 11.4. The van der Waals surface area contributed by atoms with E-state index in [0.717, 1.165) is 19.3 Å². The minimum atomic E-state index is -0.642. The lowest BCUT2D eigenvalue weighted by Crippen LogP contribution is -2.31. The summed E-state index contributed by atoms with van der Waals surface area (Å²) in [5.41, 5.74) is -0.0880. The van der Waals surface area contributed by atoms with Crippen LogP contribution in [0.5, 0.6) is 0 Å². The lowest BCUT2D eigenvalue weighted by atomic mass is 9.72. The smallest absolute Gasteiger partial charge is 0.307 e. The molecule has 0 aromatic heterocycles. The van der Waals surface area contributed by atoms with E-state index >= 15 is 0 Å². The van der Waals surface area contributed by atoms with Gasteiger partial charge in [0.05, 0.1) is 5.92 Å². The van der Waals surface area contributed by atoms with Crippen molar-refractivity contribution in [3.8, 4) is 0 Å². The van der Waals surface area contributed by atoms with Crippen LogP contribution in [-0.4, -0.2) is 11.1 Å². The fourth-order valence-electron chi connectivity index (χ4n) is 1.57. The zero-order valence-corrected chi connectivity index (χ0v) is 10.1. The molecule has 2 heteroatoms. The van der Waals surface area contributed by atoms with E-state index < -0.39 is 5.97 Å². The molecule has 0 aliphatic rings. The SMILES string of the molecule is CCC(C)CC(C(=O)O)C(C)(C)CC. The molecule has 0 saturated heterocycles. The molecule has 2 nitrogen and oxygen atoms in total. The number of carbonyl (C=O) groups is 1. The lowest BCUT2D eigenvalue weighted by Gasteiger charge is -2.31. The van der Waals surface area contributed by atoms with Gasteiger partial charge < -0.3 is 5.11 Å². The average molecular weight is 200 g/mol. The molecule has 0 radical (unpaired) electrons. The van der Waals surface area contributed by atoms with Gasteiger partial charge >= 0.3 is 5.97 Å². The quantitative estimate of drug-likeness (QED) is 0.711. The van der Waals surface area contributed by atoms with Crippen LogP contribution < -0.4 is 0 Å².